The lowest BCUT2D eigenvalue weighted by Crippen LogP contribution is -1.83. The third kappa shape index (κ3) is 2.16. The van der Waals surface area contributed by atoms with Crippen molar-refractivity contribution in [2.24, 2.45) is 0 Å². The summed E-state index contributed by atoms with van der Waals surface area (Å²) in [6, 6.07) is 15.3. The second-order valence-corrected chi connectivity index (χ2v) is 4.05. The molecule has 82 valence electrons. The fourth-order valence-corrected chi connectivity index (χ4v) is 2.10. The maximum atomic E-state index is 2.32. The summed E-state index contributed by atoms with van der Waals surface area (Å²) in [6.07, 6.45) is 4.53. The summed E-state index contributed by atoms with van der Waals surface area (Å²) in [5.41, 5.74) is 2.82. The zero-order valence-electron chi connectivity index (χ0n) is 10.0. The highest BCUT2D eigenvalue weighted by Gasteiger charge is 1.99. The van der Waals surface area contributed by atoms with Crippen LogP contribution in [0.3, 0.4) is 0 Å². The van der Waals surface area contributed by atoms with Crippen LogP contribution >= 0.6 is 0 Å². The van der Waals surface area contributed by atoms with E-state index in [1.54, 1.807) is 0 Å². The molecule has 0 atom stereocenters. The largest absolute Gasteiger partial charge is 0.0810 e. The fourth-order valence-electron chi connectivity index (χ4n) is 2.10. The van der Waals surface area contributed by atoms with Crippen LogP contribution in [0.4, 0.5) is 0 Å². The zero-order chi connectivity index (χ0) is 11.4. The Kier molecular flexibility index (Phi) is 3.40. The first kappa shape index (κ1) is 10.9. The second kappa shape index (κ2) is 4.98. The number of fused-ring (bicyclic) bond motifs is 1. The van der Waals surface area contributed by atoms with Gasteiger partial charge in [-0.1, -0.05) is 56.3 Å². The minimum absolute atomic E-state index is 1.10. The molecule has 0 aliphatic rings. The van der Waals surface area contributed by atoms with Crippen molar-refractivity contribution in [2.75, 3.05) is 0 Å². The Bertz CT molecular complexity index is 506. The predicted molar refractivity (Wildman–Crippen MR) is 72.5 cm³/mol. The highest BCUT2D eigenvalue weighted by Crippen LogP contribution is 2.23. The third-order valence-electron chi connectivity index (χ3n) is 2.95. The number of hydrogen-bond acceptors (Lipinski definition) is 0. The molecule has 16 heavy (non-hydrogen) atoms. The Labute approximate surface area is 97.6 Å². The number of rotatable bonds is 3. The minimum atomic E-state index is 1.10. The van der Waals surface area contributed by atoms with Gasteiger partial charge in [0, 0.05) is 0 Å². The molecule has 0 saturated heterocycles. The summed E-state index contributed by atoms with van der Waals surface area (Å²) in [4.78, 5) is 0. The molecule has 0 amide bonds. The normalized spacial score (nSPS) is 12.0. The molecule has 0 bridgehead atoms. The van der Waals surface area contributed by atoms with Gasteiger partial charge in [-0.05, 0) is 40.8 Å². The van der Waals surface area contributed by atoms with Gasteiger partial charge in [0.15, 0.2) is 0 Å². The van der Waals surface area contributed by atoms with E-state index in [0.29, 0.717) is 0 Å². The average molecular weight is 210 g/mol. The second-order valence-electron chi connectivity index (χ2n) is 4.05. The summed E-state index contributed by atoms with van der Waals surface area (Å²) in [5.74, 6) is 0. The van der Waals surface area contributed by atoms with Crippen LogP contribution in [0.5, 0.6) is 0 Å². The van der Waals surface area contributed by atoms with E-state index in [1.165, 1.54) is 21.9 Å². The van der Waals surface area contributed by atoms with Gasteiger partial charge in [0.25, 0.3) is 0 Å². The first-order valence-electron chi connectivity index (χ1n) is 6.03. The predicted octanol–water partition coefficient (Wildman–Crippen LogP) is 5.04. The Hall–Kier alpha value is -1.56. The summed E-state index contributed by atoms with van der Waals surface area (Å²) in [6.45, 7) is 4.41. The van der Waals surface area contributed by atoms with Crippen LogP contribution in [-0.4, -0.2) is 0 Å². The van der Waals surface area contributed by atoms with E-state index in [9.17, 15) is 0 Å². The lowest BCUT2D eigenvalue weighted by Gasteiger charge is -2.06. The van der Waals surface area contributed by atoms with Crippen LogP contribution in [-0.2, 0) is 0 Å². The van der Waals surface area contributed by atoms with Gasteiger partial charge >= 0.3 is 0 Å². The maximum absolute atomic E-state index is 2.32. The Morgan fingerprint density at radius 2 is 1.75 bits per heavy atom. The molecule has 0 aromatic heterocycles. The molecular weight excluding hydrogens is 192 g/mol. The van der Waals surface area contributed by atoms with Crippen molar-refractivity contribution in [3.8, 4) is 0 Å². The van der Waals surface area contributed by atoms with E-state index in [0.717, 1.165) is 12.8 Å². The Morgan fingerprint density at radius 1 is 1.00 bits per heavy atom. The molecule has 2 aromatic carbocycles. The minimum Gasteiger partial charge on any atom is -0.0810 e. The van der Waals surface area contributed by atoms with Crippen molar-refractivity contribution in [3.63, 3.8) is 0 Å². The first-order valence-corrected chi connectivity index (χ1v) is 6.03. The third-order valence-corrected chi connectivity index (χ3v) is 2.95. The highest BCUT2D eigenvalue weighted by molar-refractivity contribution is 5.86. The molecule has 0 fully saturated rings. The Balaban J connectivity index is 2.50. The lowest BCUT2D eigenvalue weighted by atomic mass is 9.99. The van der Waals surface area contributed by atoms with Gasteiger partial charge in [0.05, 0.1) is 0 Å². The standard InChI is InChI=1S/C16H18/c1-3-7-13(4-2)16-11-10-14-8-5-6-9-15(14)12-16/h5-12H,3-4H2,1-2H3/b13-7+. The number of benzene rings is 2. The van der Waals surface area contributed by atoms with E-state index in [4.69, 9.17) is 0 Å². The molecule has 0 radical (unpaired) electrons. The summed E-state index contributed by atoms with van der Waals surface area (Å²) < 4.78 is 0. The van der Waals surface area contributed by atoms with Crippen molar-refractivity contribution in [1.29, 1.82) is 0 Å². The molecule has 2 rings (SSSR count). The quantitative estimate of drug-likeness (QED) is 0.665. The average Bonchev–Trinajstić information content (AvgIpc) is 2.35. The van der Waals surface area contributed by atoms with Crippen LogP contribution in [0.2, 0.25) is 0 Å². The molecule has 0 nitrogen and oxygen atoms in total. The van der Waals surface area contributed by atoms with Crippen molar-refractivity contribution >= 4 is 16.3 Å². The van der Waals surface area contributed by atoms with Crippen LogP contribution < -0.4 is 0 Å². The van der Waals surface area contributed by atoms with Gasteiger partial charge in [-0.3, -0.25) is 0 Å². The molecule has 0 heterocycles. The van der Waals surface area contributed by atoms with E-state index >= 15 is 0 Å². The topological polar surface area (TPSA) is 0 Å². The molecule has 2 aromatic rings. The molecule has 0 heteroatoms. The van der Waals surface area contributed by atoms with Gasteiger partial charge in [-0.15, -0.1) is 0 Å². The fraction of sp³-hybridized carbons (Fsp3) is 0.250. The van der Waals surface area contributed by atoms with Gasteiger partial charge in [-0.25, -0.2) is 0 Å². The molecular formula is C16H18. The number of hydrogen-bond donors (Lipinski definition) is 0. The molecule has 0 saturated carbocycles. The SMILES string of the molecule is CC/C=C(\CC)c1ccc2ccccc2c1. The summed E-state index contributed by atoms with van der Waals surface area (Å²) in [7, 11) is 0. The highest BCUT2D eigenvalue weighted by atomic mass is 14.0. The van der Waals surface area contributed by atoms with Gasteiger partial charge < -0.3 is 0 Å². The van der Waals surface area contributed by atoms with Crippen LogP contribution in [0, 0.1) is 0 Å². The first-order chi connectivity index (χ1) is 7.85. The van der Waals surface area contributed by atoms with E-state index in [1.807, 2.05) is 0 Å². The number of allylic oxidation sites excluding steroid dienone is 2. The van der Waals surface area contributed by atoms with Crippen LogP contribution in [0.25, 0.3) is 16.3 Å². The van der Waals surface area contributed by atoms with Crippen LogP contribution in [0.1, 0.15) is 32.3 Å². The molecule has 0 aliphatic heterocycles. The van der Waals surface area contributed by atoms with Crippen molar-refractivity contribution in [3.05, 3.63) is 54.1 Å². The van der Waals surface area contributed by atoms with Gasteiger partial charge in [-0.2, -0.15) is 0 Å². The zero-order valence-corrected chi connectivity index (χ0v) is 10.0. The van der Waals surface area contributed by atoms with Crippen molar-refractivity contribution < 1.29 is 0 Å². The molecule has 0 N–H and O–H groups in total. The van der Waals surface area contributed by atoms with E-state index < -0.39 is 0 Å². The van der Waals surface area contributed by atoms with E-state index in [2.05, 4.69) is 62.4 Å². The summed E-state index contributed by atoms with van der Waals surface area (Å²) >= 11 is 0. The van der Waals surface area contributed by atoms with Crippen LogP contribution in [0.15, 0.2) is 48.5 Å². The van der Waals surface area contributed by atoms with Crippen molar-refractivity contribution in [1.82, 2.24) is 0 Å². The van der Waals surface area contributed by atoms with E-state index in [-0.39, 0.29) is 0 Å². The Morgan fingerprint density at radius 3 is 2.44 bits per heavy atom. The van der Waals surface area contributed by atoms with Crippen molar-refractivity contribution in [2.45, 2.75) is 26.7 Å². The smallest absolute Gasteiger partial charge is 0.0178 e. The van der Waals surface area contributed by atoms with Gasteiger partial charge in [0.1, 0.15) is 0 Å². The molecule has 0 spiro atoms. The lowest BCUT2D eigenvalue weighted by molar-refractivity contribution is 1.17. The van der Waals surface area contributed by atoms with Gasteiger partial charge in [0.2, 0.25) is 0 Å². The maximum Gasteiger partial charge on any atom is -0.0178 e. The monoisotopic (exact) mass is 210 g/mol. The molecule has 0 aliphatic carbocycles. The summed E-state index contributed by atoms with van der Waals surface area (Å²) in [5, 5.41) is 2.65. The molecule has 0 unspecified atom stereocenters.